The largest absolute Gasteiger partial charge is 0.319 e. The fourth-order valence-electron chi connectivity index (χ4n) is 1.84. The molecule has 3 nitrogen and oxygen atoms in total. The Labute approximate surface area is 111 Å². The van der Waals surface area contributed by atoms with Crippen LogP contribution in [-0.4, -0.2) is 42.0 Å². The smallest absolute Gasteiger partial charge is 0.254 e. The van der Waals surface area contributed by atoms with E-state index in [1.807, 2.05) is 13.8 Å². The molecule has 1 atom stereocenters. The molecule has 0 aliphatic heterocycles. The Kier molecular flexibility index (Phi) is 8.06. The van der Waals surface area contributed by atoms with Crippen molar-refractivity contribution in [1.82, 2.24) is 4.90 Å². The van der Waals surface area contributed by atoms with Gasteiger partial charge in [0, 0.05) is 31.0 Å². The topological polar surface area (TPSA) is 29.5 Å². The SMILES string of the molecule is CC(C)OP(C)(=O)SCCN(C(C)C)C(C)C. The molecule has 0 rings (SSSR count). The Bertz CT molecular complexity index is 249. The summed E-state index contributed by atoms with van der Waals surface area (Å²) in [6, 6.07) is 1.05. The van der Waals surface area contributed by atoms with Gasteiger partial charge in [0.2, 0.25) is 0 Å². The minimum atomic E-state index is -2.48. The monoisotopic (exact) mass is 281 g/mol. The van der Waals surface area contributed by atoms with Crippen molar-refractivity contribution in [3.63, 3.8) is 0 Å². The lowest BCUT2D eigenvalue weighted by Crippen LogP contribution is -2.38. The average Bonchev–Trinajstić information content (AvgIpc) is 2.08. The highest BCUT2D eigenvalue weighted by Gasteiger charge is 2.20. The van der Waals surface area contributed by atoms with E-state index in [0.29, 0.717) is 12.1 Å². The maximum Gasteiger partial charge on any atom is 0.254 e. The van der Waals surface area contributed by atoms with E-state index in [-0.39, 0.29) is 6.10 Å². The van der Waals surface area contributed by atoms with E-state index in [1.54, 1.807) is 6.66 Å². The summed E-state index contributed by atoms with van der Waals surface area (Å²) in [5.41, 5.74) is 0. The van der Waals surface area contributed by atoms with E-state index in [2.05, 4.69) is 32.6 Å². The number of nitrogens with zero attached hydrogens (tertiary/aromatic N) is 1. The second-order valence-electron chi connectivity index (χ2n) is 5.18. The maximum absolute atomic E-state index is 12.1. The molecule has 0 saturated carbocycles. The van der Waals surface area contributed by atoms with E-state index in [4.69, 9.17) is 4.52 Å². The van der Waals surface area contributed by atoms with Gasteiger partial charge in [-0.15, -0.1) is 0 Å². The van der Waals surface area contributed by atoms with Crippen LogP contribution in [0.15, 0.2) is 0 Å². The summed E-state index contributed by atoms with van der Waals surface area (Å²) < 4.78 is 17.5. The van der Waals surface area contributed by atoms with Gasteiger partial charge in [-0.3, -0.25) is 9.46 Å². The molecule has 0 aromatic carbocycles. The molecule has 0 amide bonds. The Morgan fingerprint density at radius 2 is 1.59 bits per heavy atom. The molecule has 0 spiro atoms. The third-order valence-electron chi connectivity index (χ3n) is 2.40. The first-order valence-corrected chi connectivity index (χ1v) is 9.98. The second-order valence-corrected chi connectivity index (χ2v) is 10.4. The molecule has 0 saturated heterocycles. The molecular formula is C12H28NO2PS. The van der Waals surface area contributed by atoms with Crippen molar-refractivity contribution < 1.29 is 9.09 Å². The fourth-order valence-corrected chi connectivity index (χ4v) is 5.23. The van der Waals surface area contributed by atoms with E-state index in [0.717, 1.165) is 12.3 Å². The summed E-state index contributed by atoms with van der Waals surface area (Å²) in [5, 5.41) is 0. The minimum absolute atomic E-state index is 0.0321. The summed E-state index contributed by atoms with van der Waals surface area (Å²) in [5.74, 6) is 0.858. The van der Waals surface area contributed by atoms with Crippen molar-refractivity contribution in [2.75, 3.05) is 19.0 Å². The van der Waals surface area contributed by atoms with Gasteiger partial charge in [-0.1, -0.05) is 11.4 Å². The lowest BCUT2D eigenvalue weighted by Gasteiger charge is -2.30. The Hall–Kier alpha value is 0.500. The zero-order valence-electron chi connectivity index (χ0n) is 12.3. The van der Waals surface area contributed by atoms with Gasteiger partial charge >= 0.3 is 0 Å². The van der Waals surface area contributed by atoms with Crippen molar-refractivity contribution >= 4 is 18.0 Å². The summed E-state index contributed by atoms with van der Waals surface area (Å²) in [7, 11) is 0. The van der Waals surface area contributed by atoms with Crippen molar-refractivity contribution in [3.05, 3.63) is 0 Å². The van der Waals surface area contributed by atoms with Crippen LogP contribution >= 0.6 is 18.0 Å². The average molecular weight is 281 g/mol. The van der Waals surface area contributed by atoms with Crippen molar-refractivity contribution in [3.8, 4) is 0 Å². The standard InChI is InChI=1S/C12H28NO2PS/c1-10(2)13(11(3)4)8-9-17-16(7,14)15-12(5)6/h10-12H,8-9H2,1-7H3. The van der Waals surface area contributed by atoms with Crippen LogP contribution in [0, 0.1) is 0 Å². The molecule has 0 heterocycles. The van der Waals surface area contributed by atoms with Gasteiger partial charge in [0.15, 0.2) is 0 Å². The Balaban J connectivity index is 4.08. The number of hydrogen-bond donors (Lipinski definition) is 0. The maximum atomic E-state index is 12.1. The number of rotatable bonds is 8. The van der Waals surface area contributed by atoms with Crippen LogP contribution in [0.2, 0.25) is 0 Å². The molecule has 0 bridgehead atoms. The first-order valence-electron chi connectivity index (χ1n) is 6.32. The first kappa shape index (κ1) is 17.5. The van der Waals surface area contributed by atoms with E-state index < -0.39 is 6.57 Å². The van der Waals surface area contributed by atoms with Gasteiger partial charge in [-0.2, -0.15) is 0 Å². The first-order chi connectivity index (χ1) is 7.65. The lowest BCUT2D eigenvalue weighted by atomic mass is 10.2. The predicted octanol–water partition coefficient (Wildman–Crippen LogP) is 4.09. The summed E-state index contributed by atoms with van der Waals surface area (Å²) >= 11 is 1.46. The second kappa shape index (κ2) is 7.83. The predicted molar refractivity (Wildman–Crippen MR) is 79.2 cm³/mol. The summed E-state index contributed by atoms with van der Waals surface area (Å²) in [6.45, 7) is 12.8. The summed E-state index contributed by atoms with van der Waals surface area (Å²) in [6.07, 6.45) is 0.0321. The van der Waals surface area contributed by atoms with Crippen LogP contribution in [0.1, 0.15) is 41.5 Å². The fraction of sp³-hybridized carbons (Fsp3) is 1.00. The van der Waals surface area contributed by atoms with Crippen molar-refractivity contribution in [1.29, 1.82) is 0 Å². The highest BCUT2D eigenvalue weighted by molar-refractivity contribution is 8.56. The molecule has 17 heavy (non-hydrogen) atoms. The number of hydrogen-bond acceptors (Lipinski definition) is 4. The molecule has 104 valence electrons. The third-order valence-corrected chi connectivity index (χ3v) is 6.26. The van der Waals surface area contributed by atoms with E-state index in [9.17, 15) is 4.57 Å². The molecule has 0 N–H and O–H groups in total. The van der Waals surface area contributed by atoms with Gasteiger partial charge in [0.25, 0.3) is 6.57 Å². The van der Waals surface area contributed by atoms with Gasteiger partial charge in [-0.05, 0) is 41.5 Å². The van der Waals surface area contributed by atoms with Gasteiger partial charge < -0.3 is 4.52 Å². The normalized spacial score (nSPS) is 16.2. The van der Waals surface area contributed by atoms with Crippen LogP contribution in [0.3, 0.4) is 0 Å². The van der Waals surface area contributed by atoms with Gasteiger partial charge in [0.1, 0.15) is 0 Å². The highest BCUT2D eigenvalue weighted by atomic mass is 32.7. The van der Waals surface area contributed by atoms with E-state index in [1.165, 1.54) is 11.4 Å². The zero-order chi connectivity index (χ0) is 13.6. The molecule has 0 fully saturated rings. The van der Waals surface area contributed by atoms with E-state index >= 15 is 0 Å². The summed E-state index contributed by atoms with van der Waals surface area (Å²) in [4.78, 5) is 2.41. The van der Waals surface area contributed by atoms with Crippen LogP contribution in [-0.2, 0) is 9.09 Å². The van der Waals surface area contributed by atoms with Crippen LogP contribution in [0.4, 0.5) is 0 Å². The Morgan fingerprint density at radius 1 is 1.12 bits per heavy atom. The lowest BCUT2D eigenvalue weighted by molar-refractivity contribution is 0.187. The van der Waals surface area contributed by atoms with Crippen LogP contribution in [0.5, 0.6) is 0 Å². The van der Waals surface area contributed by atoms with Crippen molar-refractivity contribution in [2.45, 2.75) is 59.7 Å². The molecule has 0 radical (unpaired) electrons. The molecular weight excluding hydrogens is 253 g/mol. The molecule has 0 aliphatic carbocycles. The van der Waals surface area contributed by atoms with Gasteiger partial charge in [0.05, 0.1) is 6.10 Å². The van der Waals surface area contributed by atoms with Gasteiger partial charge in [-0.25, -0.2) is 0 Å². The molecule has 0 aliphatic rings. The quantitative estimate of drug-likeness (QED) is 0.627. The van der Waals surface area contributed by atoms with Crippen LogP contribution in [0.25, 0.3) is 0 Å². The minimum Gasteiger partial charge on any atom is -0.319 e. The molecule has 5 heteroatoms. The van der Waals surface area contributed by atoms with Crippen LogP contribution < -0.4 is 0 Å². The highest BCUT2D eigenvalue weighted by Crippen LogP contribution is 2.56. The third kappa shape index (κ3) is 8.25. The molecule has 0 aromatic heterocycles. The Morgan fingerprint density at radius 3 is 1.94 bits per heavy atom. The zero-order valence-corrected chi connectivity index (χ0v) is 14.0. The molecule has 0 aromatic rings. The van der Waals surface area contributed by atoms with Crippen molar-refractivity contribution in [2.24, 2.45) is 0 Å². The molecule has 1 unspecified atom stereocenters.